The quantitative estimate of drug-likeness (QED) is 0.425. The van der Waals surface area contributed by atoms with Gasteiger partial charge in [-0.1, -0.05) is 19.1 Å². The van der Waals surface area contributed by atoms with Crippen LogP contribution in [0, 0.1) is 5.82 Å². The molecule has 4 heteroatoms. The van der Waals surface area contributed by atoms with Crippen molar-refractivity contribution in [1.82, 2.24) is 4.48 Å². The van der Waals surface area contributed by atoms with Crippen LogP contribution in [-0.4, -0.2) is 40.4 Å². The normalized spacial score (nSPS) is 18.1. The molecule has 0 amide bonds. The molecule has 2 heterocycles. The van der Waals surface area contributed by atoms with Gasteiger partial charge in [0.05, 0.1) is 27.3 Å². The number of ether oxygens (including phenoxy) is 1. The highest BCUT2D eigenvalue weighted by molar-refractivity contribution is 5.85. The van der Waals surface area contributed by atoms with Crippen LogP contribution in [0.3, 0.4) is 0 Å². The molecule has 3 nitrogen and oxygen atoms in total. The maximum Gasteiger partial charge on any atom is 0.147 e. The van der Waals surface area contributed by atoms with Crippen molar-refractivity contribution in [2.75, 3.05) is 45.3 Å². The Kier molecular flexibility index (Phi) is 6.26. The molecule has 0 aliphatic carbocycles. The number of anilines is 1. The van der Waals surface area contributed by atoms with Gasteiger partial charge in [0, 0.05) is 42.4 Å². The molecule has 2 aliphatic heterocycles. The number of benzene rings is 2. The second kappa shape index (κ2) is 8.91. The number of nitrogens with zero attached hydrogens (tertiary/aromatic N) is 2. The zero-order chi connectivity index (χ0) is 21.1. The highest BCUT2D eigenvalue weighted by atomic mass is 19.1. The Morgan fingerprint density at radius 1 is 0.967 bits per heavy atom. The van der Waals surface area contributed by atoms with Gasteiger partial charge >= 0.3 is 0 Å². The standard InChI is InChI=1S/C26H34FN2O/c1-4-23-24-14-11-21(27)19-26(24)29(2,3)25(23)8-6-5-7-20-9-12-22(13-10-20)28-15-17-30-18-16-28/h9-14,19H,4-8,15-18H2,1-3H3/q+1. The second-order valence-electron chi connectivity index (χ2n) is 8.87. The first-order chi connectivity index (χ1) is 14.5. The lowest BCUT2D eigenvalue weighted by Crippen LogP contribution is -2.37. The van der Waals surface area contributed by atoms with E-state index in [0.29, 0.717) is 4.48 Å². The first kappa shape index (κ1) is 21.1. The van der Waals surface area contributed by atoms with Crippen molar-refractivity contribution in [2.24, 2.45) is 0 Å². The molecule has 0 N–H and O–H groups in total. The molecule has 4 rings (SSSR count). The van der Waals surface area contributed by atoms with E-state index >= 15 is 0 Å². The fraction of sp³-hybridized carbons (Fsp3) is 0.462. The number of halogens is 1. The van der Waals surface area contributed by atoms with Gasteiger partial charge in [-0.15, -0.1) is 0 Å². The number of morpholine rings is 1. The minimum absolute atomic E-state index is 0.142. The zero-order valence-electron chi connectivity index (χ0n) is 18.6. The van der Waals surface area contributed by atoms with Crippen LogP contribution in [0.15, 0.2) is 48.2 Å². The third kappa shape index (κ3) is 4.17. The van der Waals surface area contributed by atoms with Crippen LogP contribution >= 0.6 is 0 Å². The molecule has 1 fully saturated rings. The van der Waals surface area contributed by atoms with Gasteiger partial charge in [-0.05, 0) is 55.5 Å². The number of fused-ring (bicyclic) bond motifs is 1. The van der Waals surface area contributed by atoms with Gasteiger partial charge in [0.25, 0.3) is 0 Å². The topological polar surface area (TPSA) is 12.5 Å². The van der Waals surface area contributed by atoms with Gasteiger partial charge < -0.3 is 9.64 Å². The Balaban J connectivity index is 1.35. The highest BCUT2D eigenvalue weighted by Gasteiger charge is 2.38. The van der Waals surface area contributed by atoms with Crippen molar-refractivity contribution >= 4 is 16.9 Å². The molecule has 160 valence electrons. The summed E-state index contributed by atoms with van der Waals surface area (Å²) < 4.78 is 20.0. The molecular formula is C26H34FN2O+. The molecule has 0 bridgehead atoms. The molecular weight excluding hydrogens is 375 g/mol. The largest absolute Gasteiger partial charge is 0.378 e. The van der Waals surface area contributed by atoms with E-state index in [0.717, 1.165) is 57.7 Å². The van der Waals surface area contributed by atoms with Crippen LogP contribution in [0.5, 0.6) is 0 Å². The minimum atomic E-state index is -0.142. The smallest absolute Gasteiger partial charge is 0.147 e. The summed E-state index contributed by atoms with van der Waals surface area (Å²) in [7, 11) is 4.39. The molecule has 1 saturated heterocycles. The van der Waals surface area contributed by atoms with Gasteiger partial charge in [0.1, 0.15) is 17.2 Å². The van der Waals surface area contributed by atoms with Crippen LogP contribution in [0.1, 0.15) is 43.7 Å². The maximum atomic E-state index is 13.9. The molecule has 0 saturated carbocycles. The Morgan fingerprint density at radius 3 is 2.37 bits per heavy atom. The molecule has 2 aromatic carbocycles. The van der Waals surface area contributed by atoms with Crippen molar-refractivity contribution in [2.45, 2.75) is 39.0 Å². The first-order valence-electron chi connectivity index (χ1n) is 11.3. The summed E-state index contributed by atoms with van der Waals surface area (Å²) >= 11 is 0. The van der Waals surface area contributed by atoms with Gasteiger partial charge in [-0.2, -0.15) is 0 Å². The molecule has 30 heavy (non-hydrogen) atoms. The summed E-state index contributed by atoms with van der Waals surface area (Å²) in [4.78, 5) is 2.40. The summed E-state index contributed by atoms with van der Waals surface area (Å²) in [5.74, 6) is -0.142. The van der Waals surface area contributed by atoms with E-state index in [2.05, 4.69) is 50.2 Å². The number of hydrogen-bond donors (Lipinski definition) is 0. The molecule has 2 aliphatic rings. The Hall–Kier alpha value is -2.17. The Bertz CT molecular complexity index is 911. The monoisotopic (exact) mass is 409 g/mol. The average molecular weight is 410 g/mol. The number of aryl methyl sites for hydroxylation is 1. The summed E-state index contributed by atoms with van der Waals surface area (Å²) in [6, 6.07) is 14.3. The lowest BCUT2D eigenvalue weighted by atomic mass is 10.00. The number of rotatable bonds is 7. The third-order valence-electron chi connectivity index (χ3n) is 6.71. The van der Waals surface area contributed by atoms with Crippen molar-refractivity contribution < 1.29 is 9.13 Å². The number of unbranched alkanes of at least 4 members (excludes halogenated alkanes) is 1. The number of allylic oxidation sites excluding steroid dienone is 2. The zero-order valence-corrected chi connectivity index (χ0v) is 18.6. The van der Waals surface area contributed by atoms with Gasteiger partial charge in [0.2, 0.25) is 0 Å². The Morgan fingerprint density at radius 2 is 1.67 bits per heavy atom. The van der Waals surface area contributed by atoms with Gasteiger partial charge in [-0.25, -0.2) is 4.39 Å². The molecule has 0 unspecified atom stereocenters. The lowest BCUT2D eigenvalue weighted by molar-refractivity contribution is 0.122. The molecule has 0 atom stereocenters. The van der Waals surface area contributed by atoms with Crippen LogP contribution in [0.2, 0.25) is 0 Å². The first-order valence-corrected chi connectivity index (χ1v) is 11.3. The van der Waals surface area contributed by atoms with Crippen LogP contribution in [0.4, 0.5) is 15.8 Å². The minimum Gasteiger partial charge on any atom is -0.378 e. The number of quaternary nitrogens is 1. The fourth-order valence-electron chi connectivity index (χ4n) is 5.00. The predicted molar refractivity (Wildman–Crippen MR) is 124 cm³/mol. The highest BCUT2D eigenvalue weighted by Crippen LogP contribution is 2.46. The van der Waals surface area contributed by atoms with E-state index in [4.69, 9.17) is 4.74 Å². The maximum absolute atomic E-state index is 13.9. The summed E-state index contributed by atoms with van der Waals surface area (Å²) in [6.45, 7) is 5.82. The van der Waals surface area contributed by atoms with E-state index in [1.54, 1.807) is 12.1 Å². The summed E-state index contributed by atoms with van der Waals surface area (Å²) in [6.07, 6.45) is 5.49. The SMILES string of the molecule is CCC1=C(CCCCc2ccc(N3CCOCC3)cc2)[N+](C)(C)c2cc(F)ccc21. The van der Waals surface area contributed by atoms with Crippen molar-refractivity contribution in [1.29, 1.82) is 0 Å². The third-order valence-corrected chi connectivity index (χ3v) is 6.71. The summed E-state index contributed by atoms with van der Waals surface area (Å²) in [5, 5.41) is 0. The van der Waals surface area contributed by atoms with Crippen molar-refractivity contribution in [3.8, 4) is 0 Å². The Labute approximate surface area is 180 Å². The molecule has 0 spiro atoms. The van der Waals surface area contributed by atoms with E-state index in [-0.39, 0.29) is 5.82 Å². The van der Waals surface area contributed by atoms with Crippen molar-refractivity contribution in [3.05, 3.63) is 65.1 Å². The van der Waals surface area contributed by atoms with E-state index in [1.165, 1.54) is 34.5 Å². The molecule has 0 radical (unpaired) electrons. The molecule has 2 aromatic rings. The second-order valence-corrected chi connectivity index (χ2v) is 8.87. The van der Waals surface area contributed by atoms with Crippen LogP contribution in [0.25, 0.3) is 5.57 Å². The van der Waals surface area contributed by atoms with E-state index in [1.807, 2.05) is 6.07 Å². The van der Waals surface area contributed by atoms with Crippen LogP contribution in [-0.2, 0) is 11.2 Å². The van der Waals surface area contributed by atoms with Crippen molar-refractivity contribution in [3.63, 3.8) is 0 Å². The number of hydrogen-bond acceptors (Lipinski definition) is 2. The predicted octanol–water partition coefficient (Wildman–Crippen LogP) is 5.78. The average Bonchev–Trinajstić information content (AvgIpc) is 2.98. The van der Waals surface area contributed by atoms with Crippen LogP contribution < -0.4 is 9.38 Å². The fourth-order valence-corrected chi connectivity index (χ4v) is 5.00. The van der Waals surface area contributed by atoms with E-state index in [9.17, 15) is 4.39 Å². The molecule has 0 aromatic heterocycles. The van der Waals surface area contributed by atoms with Gasteiger partial charge in [0.15, 0.2) is 0 Å². The summed E-state index contributed by atoms with van der Waals surface area (Å²) in [5.41, 5.74) is 7.89. The lowest BCUT2D eigenvalue weighted by Gasteiger charge is -2.29. The van der Waals surface area contributed by atoms with E-state index < -0.39 is 0 Å². The van der Waals surface area contributed by atoms with Gasteiger partial charge in [-0.3, -0.25) is 4.48 Å².